The Kier molecular flexibility index (Phi) is 7.72. The third kappa shape index (κ3) is 5.35. The number of ether oxygens (including phenoxy) is 1. The van der Waals surface area contributed by atoms with Gasteiger partial charge in [0.15, 0.2) is 17.5 Å². The molecule has 0 atom stereocenters. The molecule has 1 aromatic heterocycles. The standard InChI is InChI=1S/C56H35N3O/c1-3-16-37(17-4-1)53-57-54(38-18-5-2-6-19-38)59-55(58-53)44-33-42(40-28-27-36-15-7-8-20-39(36)31-40)32-43(34-44)41-29-30-46-45-21-9-10-22-47(45)56(50(46)35-41)48-23-11-13-25-51(48)60-52-26-14-12-24-49(52)56/h1-35H. The third-order valence-corrected chi connectivity index (χ3v) is 12.2. The molecule has 60 heavy (non-hydrogen) atoms. The minimum absolute atomic E-state index is 0.574. The lowest BCUT2D eigenvalue weighted by Gasteiger charge is -2.39. The number of fused-ring (bicyclic) bond motifs is 10. The second-order valence-electron chi connectivity index (χ2n) is 15.5. The van der Waals surface area contributed by atoms with Gasteiger partial charge in [-0.25, -0.2) is 15.0 Å². The summed E-state index contributed by atoms with van der Waals surface area (Å²) in [5.74, 6) is 3.63. The van der Waals surface area contributed by atoms with Gasteiger partial charge in [0.25, 0.3) is 0 Å². The zero-order valence-corrected chi connectivity index (χ0v) is 32.5. The van der Waals surface area contributed by atoms with Crippen molar-refractivity contribution in [3.05, 3.63) is 235 Å². The maximum Gasteiger partial charge on any atom is 0.164 e. The highest BCUT2D eigenvalue weighted by atomic mass is 16.5. The number of para-hydroxylation sites is 2. The van der Waals surface area contributed by atoms with E-state index in [0.29, 0.717) is 17.5 Å². The number of benzene rings is 9. The van der Waals surface area contributed by atoms with Gasteiger partial charge < -0.3 is 4.74 Å². The summed E-state index contributed by atoms with van der Waals surface area (Å²) in [5, 5.41) is 2.39. The molecule has 4 nitrogen and oxygen atoms in total. The van der Waals surface area contributed by atoms with Crippen molar-refractivity contribution in [2.75, 3.05) is 0 Å². The van der Waals surface area contributed by atoms with E-state index in [2.05, 4.69) is 176 Å². The van der Waals surface area contributed by atoms with Crippen LogP contribution in [0.2, 0.25) is 0 Å². The lowest BCUT2D eigenvalue weighted by molar-refractivity contribution is 0.436. The van der Waals surface area contributed by atoms with Gasteiger partial charge in [-0.15, -0.1) is 0 Å². The van der Waals surface area contributed by atoms with Crippen molar-refractivity contribution in [3.8, 4) is 79.0 Å². The van der Waals surface area contributed by atoms with Crippen LogP contribution in [0, 0.1) is 0 Å². The van der Waals surface area contributed by atoms with Gasteiger partial charge in [0.1, 0.15) is 11.5 Å². The Morgan fingerprint density at radius 1 is 0.283 bits per heavy atom. The Bertz CT molecular complexity index is 3200. The molecule has 1 spiro atoms. The summed E-state index contributed by atoms with van der Waals surface area (Å²) in [6, 6.07) is 75.2. The molecule has 12 rings (SSSR count). The quantitative estimate of drug-likeness (QED) is 0.175. The first-order chi connectivity index (χ1) is 29.7. The number of rotatable bonds is 5. The van der Waals surface area contributed by atoms with E-state index in [9.17, 15) is 0 Å². The fourth-order valence-corrected chi connectivity index (χ4v) is 9.43. The topological polar surface area (TPSA) is 47.9 Å². The fourth-order valence-electron chi connectivity index (χ4n) is 9.43. The van der Waals surface area contributed by atoms with Gasteiger partial charge in [0.05, 0.1) is 5.41 Å². The zero-order valence-electron chi connectivity index (χ0n) is 32.5. The van der Waals surface area contributed by atoms with Gasteiger partial charge in [-0.3, -0.25) is 0 Å². The zero-order chi connectivity index (χ0) is 39.6. The summed E-state index contributed by atoms with van der Waals surface area (Å²) in [7, 11) is 0. The van der Waals surface area contributed by atoms with Gasteiger partial charge >= 0.3 is 0 Å². The lowest BCUT2D eigenvalue weighted by Crippen LogP contribution is -2.32. The molecular weight excluding hydrogens is 731 g/mol. The fraction of sp³-hybridized carbons (Fsp3) is 0.0179. The van der Waals surface area contributed by atoms with Crippen molar-refractivity contribution in [1.29, 1.82) is 0 Å². The molecule has 4 heteroatoms. The summed E-state index contributed by atoms with van der Waals surface area (Å²) in [6.07, 6.45) is 0. The molecule has 10 aromatic rings. The van der Waals surface area contributed by atoms with E-state index in [1.165, 1.54) is 33.0 Å². The summed E-state index contributed by atoms with van der Waals surface area (Å²) < 4.78 is 6.63. The van der Waals surface area contributed by atoms with Crippen LogP contribution >= 0.6 is 0 Å². The maximum atomic E-state index is 6.63. The summed E-state index contributed by atoms with van der Waals surface area (Å²) in [5.41, 5.74) is 13.8. The minimum atomic E-state index is -0.574. The highest BCUT2D eigenvalue weighted by Crippen LogP contribution is 2.62. The number of nitrogens with zero attached hydrogens (tertiary/aromatic N) is 3. The molecule has 0 saturated carbocycles. The van der Waals surface area contributed by atoms with Gasteiger partial charge in [-0.2, -0.15) is 0 Å². The summed E-state index contributed by atoms with van der Waals surface area (Å²) in [6.45, 7) is 0. The van der Waals surface area contributed by atoms with Gasteiger partial charge in [0, 0.05) is 27.8 Å². The monoisotopic (exact) mass is 765 g/mol. The highest BCUT2D eigenvalue weighted by Gasteiger charge is 2.51. The Balaban J connectivity index is 1.11. The number of hydrogen-bond donors (Lipinski definition) is 0. The molecule has 0 radical (unpaired) electrons. The van der Waals surface area contributed by atoms with Crippen LogP contribution in [0.4, 0.5) is 0 Å². The van der Waals surface area contributed by atoms with Crippen molar-refractivity contribution in [1.82, 2.24) is 15.0 Å². The van der Waals surface area contributed by atoms with Crippen LogP contribution in [0.3, 0.4) is 0 Å². The van der Waals surface area contributed by atoms with Gasteiger partial charge in [-0.05, 0) is 97.7 Å². The van der Waals surface area contributed by atoms with Crippen LogP contribution < -0.4 is 4.74 Å². The number of aromatic nitrogens is 3. The van der Waals surface area contributed by atoms with E-state index in [0.717, 1.165) is 61.6 Å². The van der Waals surface area contributed by atoms with Crippen LogP contribution in [0.1, 0.15) is 22.3 Å². The first-order valence-corrected chi connectivity index (χ1v) is 20.3. The lowest BCUT2D eigenvalue weighted by atomic mass is 9.66. The first kappa shape index (κ1) is 34.1. The molecule has 9 aromatic carbocycles. The van der Waals surface area contributed by atoms with E-state index >= 15 is 0 Å². The predicted molar refractivity (Wildman–Crippen MR) is 242 cm³/mol. The van der Waals surface area contributed by atoms with Crippen molar-refractivity contribution in [2.24, 2.45) is 0 Å². The van der Waals surface area contributed by atoms with Crippen LogP contribution in [-0.4, -0.2) is 15.0 Å². The smallest absolute Gasteiger partial charge is 0.164 e. The summed E-state index contributed by atoms with van der Waals surface area (Å²) in [4.78, 5) is 15.4. The van der Waals surface area contributed by atoms with Crippen LogP contribution in [0.5, 0.6) is 11.5 Å². The van der Waals surface area contributed by atoms with Crippen molar-refractivity contribution >= 4 is 10.8 Å². The molecular formula is C56H35N3O. The van der Waals surface area contributed by atoms with E-state index < -0.39 is 5.41 Å². The summed E-state index contributed by atoms with van der Waals surface area (Å²) >= 11 is 0. The molecule has 1 aliphatic heterocycles. The van der Waals surface area contributed by atoms with Crippen molar-refractivity contribution < 1.29 is 4.74 Å². The molecule has 0 bridgehead atoms. The molecule has 0 amide bonds. The molecule has 0 N–H and O–H groups in total. The van der Waals surface area contributed by atoms with Crippen molar-refractivity contribution in [2.45, 2.75) is 5.41 Å². The highest BCUT2D eigenvalue weighted by molar-refractivity contribution is 5.92. The molecule has 2 aliphatic rings. The van der Waals surface area contributed by atoms with E-state index in [4.69, 9.17) is 19.7 Å². The van der Waals surface area contributed by atoms with Crippen LogP contribution in [0.25, 0.3) is 78.3 Å². The molecule has 0 unspecified atom stereocenters. The Morgan fingerprint density at radius 3 is 1.40 bits per heavy atom. The normalized spacial score (nSPS) is 12.9. The van der Waals surface area contributed by atoms with E-state index in [-0.39, 0.29) is 0 Å². The van der Waals surface area contributed by atoms with Crippen LogP contribution in [-0.2, 0) is 5.41 Å². The van der Waals surface area contributed by atoms with Crippen molar-refractivity contribution in [3.63, 3.8) is 0 Å². The maximum absolute atomic E-state index is 6.63. The average Bonchev–Trinajstić information content (AvgIpc) is 3.61. The molecule has 0 saturated heterocycles. The third-order valence-electron chi connectivity index (χ3n) is 12.2. The minimum Gasteiger partial charge on any atom is -0.457 e. The first-order valence-electron chi connectivity index (χ1n) is 20.3. The Hall–Kier alpha value is -7.95. The molecule has 280 valence electrons. The number of hydrogen-bond acceptors (Lipinski definition) is 4. The Labute approximate surface area is 348 Å². The second kappa shape index (κ2) is 13.6. The van der Waals surface area contributed by atoms with E-state index in [1.54, 1.807) is 0 Å². The van der Waals surface area contributed by atoms with Crippen LogP contribution in [0.15, 0.2) is 212 Å². The largest absolute Gasteiger partial charge is 0.457 e. The molecule has 2 heterocycles. The molecule has 1 aliphatic carbocycles. The second-order valence-corrected chi connectivity index (χ2v) is 15.5. The Morgan fingerprint density at radius 2 is 0.750 bits per heavy atom. The molecule has 0 fully saturated rings. The SMILES string of the molecule is c1ccc(-c2nc(-c3ccccc3)nc(-c3cc(-c4ccc5c(c4)C4(c6ccccc6Oc6ccccc64)c4ccccc4-5)cc(-c4ccc5ccccc5c4)c3)n2)cc1. The van der Waals surface area contributed by atoms with E-state index in [1.807, 2.05) is 36.4 Å². The van der Waals surface area contributed by atoms with Gasteiger partial charge in [-0.1, -0.05) is 170 Å². The average molecular weight is 766 g/mol. The predicted octanol–water partition coefficient (Wildman–Crippen LogP) is 13.8. The van der Waals surface area contributed by atoms with Gasteiger partial charge in [0.2, 0.25) is 0 Å².